The lowest BCUT2D eigenvalue weighted by Gasteiger charge is -2.01. The van der Waals surface area contributed by atoms with Gasteiger partial charge in [-0.05, 0) is 25.1 Å². The number of carbonyl (C=O) groups is 1. The van der Waals surface area contributed by atoms with Gasteiger partial charge in [0.25, 0.3) is 0 Å². The zero-order chi connectivity index (χ0) is 16.9. The molecule has 0 atom stereocenters. The van der Waals surface area contributed by atoms with Gasteiger partial charge in [0.1, 0.15) is 0 Å². The molecule has 0 unspecified atom stereocenters. The minimum atomic E-state index is -0.137. The van der Waals surface area contributed by atoms with Crippen molar-refractivity contribution in [3.8, 4) is 11.3 Å². The summed E-state index contributed by atoms with van der Waals surface area (Å²) in [6.45, 7) is 1.89. The Labute approximate surface area is 152 Å². The number of aryl methyl sites for hydroxylation is 1. The SMILES string of the molecule is Cc1ccnc(SCC(=O)Nc2nc(-c3ccc(Cl)cc3)cs2)n1. The normalized spacial score (nSPS) is 10.6. The molecule has 0 aliphatic carbocycles. The summed E-state index contributed by atoms with van der Waals surface area (Å²) in [6.07, 6.45) is 1.68. The number of amides is 1. The third-order valence-corrected chi connectivity index (χ3v) is 4.87. The summed E-state index contributed by atoms with van der Waals surface area (Å²) < 4.78 is 0. The molecule has 0 saturated heterocycles. The lowest BCUT2D eigenvalue weighted by atomic mass is 10.2. The molecule has 1 N–H and O–H groups in total. The van der Waals surface area contributed by atoms with Crippen molar-refractivity contribution >= 4 is 45.7 Å². The molecular formula is C16H13ClN4OS2. The van der Waals surface area contributed by atoms with Crippen LogP contribution in [0.2, 0.25) is 5.02 Å². The maximum Gasteiger partial charge on any atom is 0.236 e. The Morgan fingerprint density at radius 1 is 1.25 bits per heavy atom. The standard InChI is InChI=1S/C16H13ClN4OS2/c1-10-6-7-18-15(19-10)24-9-14(22)21-16-20-13(8-23-16)11-2-4-12(17)5-3-11/h2-8H,9H2,1H3,(H,20,21,22). The molecule has 0 fully saturated rings. The molecule has 2 heterocycles. The third-order valence-electron chi connectivity index (χ3n) is 3.00. The van der Waals surface area contributed by atoms with Crippen molar-refractivity contribution in [1.29, 1.82) is 0 Å². The van der Waals surface area contributed by atoms with E-state index in [2.05, 4.69) is 20.3 Å². The van der Waals surface area contributed by atoms with Gasteiger partial charge in [0, 0.05) is 27.9 Å². The van der Waals surface area contributed by atoms with Gasteiger partial charge in [-0.15, -0.1) is 11.3 Å². The van der Waals surface area contributed by atoms with Crippen LogP contribution in [0.3, 0.4) is 0 Å². The highest BCUT2D eigenvalue weighted by Gasteiger charge is 2.09. The number of aromatic nitrogens is 3. The molecule has 0 aliphatic heterocycles. The number of benzene rings is 1. The summed E-state index contributed by atoms with van der Waals surface area (Å²) in [7, 11) is 0. The highest BCUT2D eigenvalue weighted by Crippen LogP contribution is 2.26. The average molecular weight is 377 g/mol. The number of nitrogens with one attached hydrogen (secondary N) is 1. The second-order valence-electron chi connectivity index (χ2n) is 4.86. The maximum atomic E-state index is 12.0. The van der Waals surface area contributed by atoms with Crippen LogP contribution in [0.5, 0.6) is 0 Å². The van der Waals surface area contributed by atoms with Gasteiger partial charge in [0.2, 0.25) is 5.91 Å². The molecule has 0 spiro atoms. The number of carbonyl (C=O) groups excluding carboxylic acids is 1. The fraction of sp³-hybridized carbons (Fsp3) is 0.125. The molecule has 1 amide bonds. The Morgan fingerprint density at radius 2 is 2.04 bits per heavy atom. The van der Waals surface area contributed by atoms with E-state index in [0.29, 0.717) is 15.3 Å². The second kappa shape index (κ2) is 7.74. The molecule has 24 heavy (non-hydrogen) atoms. The highest BCUT2D eigenvalue weighted by atomic mass is 35.5. The first-order valence-corrected chi connectivity index (χ1v) is 9.28. The Bertz CT molecular complexity index is 851. The highest BCUT2D eigenvalue weighted by molar-refractivity contribution is 7.99. The third kappa shape index (κ3) is 4.53. The Morgan fingerprint density at radius 3 is 2.79 bits per heavy atom. The summed E-state index contributed by atoms with van der Waals surface area (Å²) >= 11 is 8.56. The lowest BCUT2D eigenvalue weighted by Crippen LogP contribution is -2.14. The molecular weight excluding hydrogens is 364 g/mol. The maximum absolute atomic E-state index is 12.0. The zero-order valence-electron chi connectivity index (χ0n) is 12.7. The molecule has 3 rings (SSSR count). The van der Waals surface area contributed by atoms with Crippen molar-refractivity contribution in [2.75, 3.05) is 11.1 Å². The molecule has 0 radical (unpaired) electrons. The fourth-order valence-electron chi connectivity index (χ4n) is 1.87. The molecule has 122 valence electrons. The number of hydrogen-bond donors (Lipinski definition) is 1. The number of thioether (sulfide) groups is 1. The van der Waals surface area contributed by atoms with Gasteiger partial charge in [-0.3, -0.25) is 4.79 Å². The van der Waals surface area contributed by atoms with Crippen LogP contribution in [0.15, 0.2) is 47.1 Å². The van der Waals surface area contributed by atoms with E-state index in [4.69, 9.17) is 11.6 Å². The van der Waals surface area contributed by atoms with E-state index in [0.717, 1.165) is 17.0 Å². The summed E-state index contributed by atoms with van der Waals surface area (Å²) in [5, 5.41) is 6.53. The monoisotopic (exact) mass is 376 g/mol. The molecule has 0 bridgehead atoms. The van der Waals surface area contributed by atoms with Gasteiger partial charge in [0.05, 0.1) is 11.4 Å². The van der Waals surface area contributed by atoms with Crippen molar-refractivity contribution < 1.29 is 4.79 Å². The molecule has 5 nitrogen and oxygen atoms in total. The topological polar surface area (TPSA) is 67.8 Å². The molecule has 2 aromatic heterocycles. The summed E-state index contributed by atoms with van der Waals surface area (Å²) in [4.78, 5) is 24.8. The number of thiazole rings is 1. The van der Waals surface area contributed by atoms with Gasteiger partial charge < -0.3 is 5.32 Å². The van der Waals surface area contributed by atoms with Crippen LogP contribution in [0.4, 0.5) is 5.13 Å². The van der Waals surface area contributed by atoms with E-state index >= 15 is 0 Å². The Balaban J connectivity index is 1.58. The molecule has 0 saturated carbocycles. The summed E-state index contributed by atoms with van der Waals surface area (Å²) in [6, 6.07) is 9.24. The van der Waals surface area contributed by atoms with E-state index in [1.165, 1.54) is 23.1 Å². The molecule has 3 aromatic rings. The quantitative estimate of drug-likeness (QED) is 0.531. The number of hydrogen-bond acceptors (Lipinski definition) is 6. The molecule has 0 aliphatic rings. The Kier molecular flexibility index (Phi) is 5.44. The van der Waals surface area contributed by atoms with Gasteiger partial charge in [0.15, 0.2) is 10.3 Å². The van der Waals surface area contributed by atoms with Crippen molar-refractivity contribution in [2.45, 2.75) is 12.1 Å². The zero-order valence-corrected chi connectivity index (χ0v) is 15.1. The summed E-state index contributed by atoms with van der Waals surface area (Å²) in [5.74, 6) is 0.0985. The molecule has 1 aromatic carbocycles. The van der Waals surface area contributed by atoms with E-state index in [1.54, 1.807) is 6.20 Å². The smallest absolute Gasteiger partial charge is 0.236 e. The van der Waals surface area contributed by atoms with Crippen LogP contribution in [-0.2, 0) is 4.79 Å². The van der Waals surface area contributed by atoms with Crippen LogP contribution in [0, 0.1) is 6.92 Å². The average Bonchev–Trinajstić information content (AvgIpc) is 3.02. The van der Waals surface area contributed by atoms with E-state index in [-0.39, 0.29) is 11.7 Å². The summed E-state index contributed by atoms with van der Waals surface area (Å²) in [5.41, 5.74) is 2.64. The van der Waals surface area contributed by atoms with Crippen LogP contribution in [0.1, 0.15) is 5.69 Å². The minimum absolute atomic E-state index is 0.137. The van der Waals surface area contributed by atoms with E-state index in [9.17, 15) is 4.79 Å². The Hall–Kier alpha value is -1.96. The van der Waals surface area contributed by atoms with Crippen molar-refractivity contribution in [2.24, 2.45) is 0 Å². The van der Waals surface area contributed by atoms with Crippen LogP contribution in [0.25, 0.3) is 11.3 Å². The van der Waals surface area contributed by atoms with Crippen LogP contribution in [-0.4, -0.2) is 26.6 Å². The van der Waals surface area contributed by atoms with Crippen LogP contribution >= 0.6 is 34.7 Å². The predicted molar refractivity (Wildman–Crippen MR) is 98.7 cm³/mol. The van der Waals surface area contributed by atoms with Gasteiger partial charge >= 0.3 is 0 Å². The fourth-order valence-corrected chi connectivity index (χ4v) is 3.40. The number of anilines is 1. The van der Waals surface area contributed by atoms with Crippen molar-refractivity contribution in [3.05, 3.63) is 52.6 Å². The van der Waals surface area contributed by atoms with E-state index in [1.807, 2.05) is 42.6 Å². The van der Waals surface area contributed by atoms with Gasteiger partial charge in [-0.25, -0.2) is 15.0 Å². The van der Waals surface area contributed by atoms with Crippen molar-refractivity contribution in [1.82, 2.24) is 15.0 Å². The molecule has 8 heteroatoms. The first kappa shape index (κ1) is 16.9. The van der Waals surface area contributed by atoms with Gasteiger partial charge in [-0.1, -0.05) is 35.5 Å². The van der Waals surface area contributed by atoms with Crippen molar-refractivity contribution in [3.63, 3.8) is 0 Å². The lowest BCUT2D eigenvalue weighted by molar-refractivity contribution is -0.113. The first-order valence-electron chi connectivity index (χ1n) is 7.04. The number of halogens is 1. The number of rotatable bonds is 5. The van der Waals surface area contributed by atoms with E-state index < -0.39 is 0 Å². The predicted octanol–water partition coefficient (Wildman–Crippen LogP) is 4.29. The second-order valence-corrected chi connectivity index (χ2v) is 7.10. The first-order chi connectivity index (χ1) is 11.6. The van der Waals surface area contributed by atoms with Gasteiger partial charge in [-0.2, -0.15) is 0 Å². The number of nitrogens with zero attached hydrogens (tertiary/aromatic N) is 3. The largest absolute Gasteiger partial charge is 0.301 e. The van der Waals surface area contributed by atoms with Crippen LogP contribution < -0.4 is 5.32 Å². The minimum Gasteiger partial charge on any atom is -0.301 e.